The molecule has 2 rings (SSSR count). The van der Waals surface area contributed by atoms with E-state index in [1.807, 2.05) is 39.7 Å². The molecule has 5 nitrogen and oxygen atoms in total. The zero-order chi connectivity index (χ0) is 18.4. The van der Waals surface area contributed by atoms with E-state index in [4.69, 9.17) is 0 Å². The van der Waals surface area contributed by atoms with Gasteiger partial charge in [-0.05, 0) is 37.3 Å². The van der Waals surface area contributed by atoms with Crippen LogP contribution >= 0.6 is 0 Å². The van der Waals surface area contributed by atoms with E-state index < -0.39 is 0 Å². The largest absolute Gasteiger partial charge is 0.353 e. The summed E-state index contributed by atoms with van der Waals surface area (Å²) in [5.74, 6) is 0.599. The topological polar surface area (TPSA) is 45.6 Å². The standard InChI is InChI=1S/C20H33N3O2/c1-5-6-9-19(24)23(17-10-11-17)15-20(25)22(13-16(2)3)14-18-8-7-12-21(18)4/h7-8,12,16-17H,5-6,9-11,13-15H2,1-4H3. The summed E-state index contributed by atoms with van der Waals surface area (Å²) in [6.07, 6.45) is 6.53. The molecule has 0 bridgehead atoms. The third-order valence-electron chi connectivity index (χ3n) is 4.70. The molecule has 5 heteroatoms. The van der Waals surface area contributed by atoms with Crippen molar-refractivity contribution in [1.29, 1.82) is 0 Å². The van der Waals surface area contributed by atoms with E-state index in [0.29, 0.717) is 25.4 Å². The summed E-state index contributed by atoms with van der Waals surface area (Å²) in [6.45, 7) is 7.87. The molecule has 140 valence electrons. The first-order valence-corrected chi connectivity index (χ1v) is 9.59. The van der Waals surface area contributed by atoms with Gasteiger partial charge in [-0.2, -0.15) is 0 Å². The highest BCUT2D eigenvalue weighted by molar-refractivity contribution is 5.85. The molecule has 1 fully saturated rings. The first-order chi connectivity index (χ1) is 11.9. The van der Waals surface area contributed by atoms with Gasteiger partial charge >= 0.3 is 0 Å². The van der Waals surface area contributed by atoms with Gasteiger partial charge in [0.05, 0.1) is 6.54 Å². The average Bonchev–Trinajstić information content (AvgIpc) is 3.32. The van der Waals surface area contributed by atoms with Crippen LogP contribution in [0.5, 0.6) is 0 Å². The zero-order valence-corrected chi connectivity index (χ0v) is 16.2. The van der Waals surface area contributed by atoms with Gasteiger partial charge in [-0.3, -0.25) is 9.59 Å². The summed E-state index contributed by atoms with van der Waals surface area (Å²) in [5.41, 5.74) is 1.12. The third kappa shape index (κ3) is 5.91. The Morgan fingerprint density at radius 1 is 1.28 bits per heavy atom. The molecule has 25 heavy (non-hydrogen) atoms. The molecular formula is C20H33N3O2. The molecule has 2 amide bonds. The smallest absolute Gasteiger partial charge is 0.242 e. The first-order valence-electron chi connectivity index (χ1n) is 9.59. The minimum absolute atomic E-state index is 0.0617. The molecule has 0 spiro atoms. The van der Waals surface area contributed by atoms with Crippen molar-refractivity contribution < 1.29 is 9.59 Å². The fraction of sp³-hybridized carbons (Fsp3) is 0.700. The number of carbonyl (C=O) groups is 2. The van der Waals surface area contributed by atoms with Crippen LogP contribution in [-0.2, 0) is 23.2 Å². The lowest BCUT2D eigenvalue weighted by molar-refractivity contribution is -0.141. The first kappa shape index (κ1) is 19.5. The normalized spacial score (nSPS) is 14.0. The Kier molecular flexibility index (Phi) is 7.09. The molecule has 1 aromatic heterocycles. The van der Waals surface area contributed by atoms with Crippen molar-refractivity contribution in [3.05, 3.63) is 24.0 Å². The molecule has 1 aliphatic rings. The highest BCUT2D eigenvalue weighted by Gasteiger charge is 2.34. The maximum Gasteiger partial charge on any atom is 0.242 e. The van der Waals surface area contributed by atoms with E-state index in [1.165, 1.54) is 0 Å². The fourth-order valence-corrected chi connectivity index (χ4v) is 3.08. The van der Waals surface area contributed by atoms with E-state index in [1.54, 1.807) is 0 Å². The number of rotatable bonds is 10. The highest BCUT2D eigenvalue weighted by Crippen LogP contribution is 2.28. The predicted molar refractivity (Wildman–Crippen MR) is 99.9 cm³/mol. The lowest BCUT2D eigenvalue weighted by Gasteiger charge is -2.29. The number of nitrogens with zero attached hydrogens (tertiary/aromatic N) is 3. The van der Waals surface area contributed by atoms with Gasteiger partial charge in [0.1, 0.15) is 6.54 Å². The van der Waals surface area contributed by atoms with Gasteiger partial charge < -0.3 is 14.4 Å². The minimum atomic E-state index is 0.0617. The summed E-state index contributed by atoms with van der Waals surface area (Å²) >= 11 is 0. The number of aromatic nitrogens is 1. The summed E-state index contributed by atoms with van der Waals surface area (Å²) in [5, 5.41) is 0. The van der Waals surface area contributed by atoms with Crippen LogP contribution < -0.4 is 0 Å². The van der Waals surface area contributed by atoms with E-state index in [0.717, 1.165) is 31.4 Å². The number of amides is 2. The predicted octanol–water partition coefficient (Wildman–Crippen LogP) is 3.19. The zero-order valence-electron chi connectivity index (χ0n) is 16.2. The van der Waals surface area contributed by atoms with Crippen LogP contribution in [-0.4, -0.2) is 45.3 Å². The Hall–Kier alpha value is -1.78. The Balaban J connectivity index is 2.03. The molecule has 0 N–H and O–H groups in total. The molecule has 0 unspecified atom stereocenters. The van der Waals surface area contributed by atoms with E-state index in [-0.39, 0.29) is 24.4 Å². The molecule has 0 aromatic carbocycles. The molecular weight excluding hydrogens is 314 g/mol. The molecule has 1 saturated carbocycles. The van der Waals surface area contributed by atoms with Crippen LogP contribution in [0.3, 0.4) is 0 Å². The van der Waals surface area contributed by atoms with Crippen molar-refractivity contribution >= 4 is 11.8 Å². The van der Waals surface area contributed by atoms with E-state index >= 15 is 0 Å². The fourth-order valence-electron chi connectivity index (χ4n) is 3.08. The second kappa shape index (κ2) is 9.07. The van der Waals surface area contributed by atoms with Crippen molar-refractivity contribution in [1.82, 2.24) is 14.4 Å². The van der Waals surface area contributed by atoms with Crippen LogP contribution in [0.1, 0.15) is 58.6 Å². The van der Waals surface area contributed by atoms with Crippen LogP contribution in [0.15, 0.2) is 18.3 Å². The van der Waals surface area contributed by atoms with Crippen LogP contribution in [0.25, 0.3) is 0 Å². The van der Waals surface area contributed by atoms with Crippen molar-refractivity contribution in [2.75, 3.05) is 13.1 Å². The maximum atomic E-state index is 13.0. The van der Waals surface area contributed by atoms with Crippen molar-refractivity contribution in [2.24, 2.45) is 13.0 Å². The number of unbranched alkanes of at least 4 members (excludes halogenated alkanes) is 1. The van der Waals surface area contributed by atoms with Gasteiger partial charge in [-0.25, -0.2) is 0 Å². The Morgan fingerprint density at radius 2 is 2.00 bits per heavy atom. The number of hydrogen-bond donors (Lipinski definition) is 0. The molecule has 0 radical (unpaired) electrons. The van der Waals surface area contributed by atoms with Gasteiger partial charge in [0.2, 0.25) is 11.8 Å². The second-order valence-corrected chi connectivity index (χ2v) is 7.63. The van der Waals surface area contributed by atoms with Crippen molar-refractivity contribution in [3.8, 4) is 0 Å². The highest BCUT2D eigenvalue weighted by atomic mass is 16.2. The molecule has 1 aromatic rings. The Labute approximate surface area is 152 Å². The van der Waals surface area contributed by atoms with Gasteiger partial charge in [0.15, 0.2) is 0 Å². The summed E-state index contributed by atoms with van der Waals surface area (Å²) in [7, 11) is 2.00. The molecule has 0 atom stereocenters. The maximum absolute atomic E-state index is 13.0. The number of carbonyl (C=O) groups excluding carboxylic acids is 2. The molecule has 1 aliphatic carbocycles. The average molecular weight is 348 g/mol. The van der Waals surface area contributed by atoms with E-state index in [2.05, 4.69) is 20.8 Å². The van der Waals surface area contributed by atoms with Crippen LogP contribution in [0.2, 0.25) is 0 Å². The molecule has 0 aliphatic heterocycles. The number of aryl methyl sites for hydroxylation is 1. The SMILES string of the molecule is CCCCC(=O)N(CC(=O)N(Cc1cccn1C)CC(C)C)C1CC1. The summed E-state index contributed by atoms with van der Waals surface area (Å²) in [4.78, 5) is 29.2. The lowest BCUT2D eigenvalue weighted by Crippen LogP contribution is -2.44. The molecule has 0 saturated heterocycles. The van der Waals surface area contributed by atoms with Gasteiger partial charge in [-0.15, -0.1) is 0 Å². The number of hydrogen-bond acceptors (Lipinski definition) is 2. The third-order valence-corrected chi connectivity index (χ3v) is 4.70. The minimum Gasteiger partial charge on any atom is -0.353 e. The Bertz CT molecular complexity index is 575. The lowest BCUT2D eigenvalue weighted by atomic mass is 10.2. The van der Waals surface area contributed by atoms with Crippen LogP contribution in [0, 0.1) is 5.92 Å². The van der Waals surface area contributed by atoms with Gasteiger partial charge in [-0.1, -0.05) is 27.2 Å². The van der Waals surface area contributed by atoms with Crippen molar-refractivity contribution in [3.63, 3.8) is 0 Å². The summed E-state index contributed by atoms with van der Waals surface area (Å²) < 4.78 is 2.05. The van der Waals surface area contributed by atoms with Gasteiger partial charge in [0, 0.05) is 37.9 Å². The quantitative estimate of drug-likeness (QED) is 0.652. The van der Waals surface area contributed by atoms with Crippen molar-refractivity contribution in [2.45, 2.75) is 65.5 Å². The van der Waals surface area contributed by atoms with Crippen LogP contribution in [0.4, 0.5) is 0 Å². The summed E-state index contributed by atoms with van der Waals surface area (Å²) in [6, 6.07) is 4.33. The second-order valence-electron chi connectivity index (χ2n) is 7.63. The Morgan fingerprint density at radius 3 is 2.52 bits per heavy atom. The molecule has 1 heterocycles. The monoisotopic (exact) mass is 347 g/mol. The van der Waals surface area contributed by atoms with Gasteiger partial charge in [0.25, 0.3) is 0 Å². The van der Waals surface area contributed by atoms with E-state index in [9.17, 15) is 9.59 Å².